The van der Waals surface area contributed by atoms with Gasteiger partial charge in [0.25, 0.3) is 0 Å². The number of rotatable bonds is 7. The average molecular weight is 476 g/mol. The number of hydrogen-bond acceptors (Lipinski definition) is 6. The number of aromatic nitrogens is 3. The van der Waals surface area contributed by atoms with Gasteiger partial charge in [0.05, 0.1) is 18.4 Å². The van der Waals surface area contributed by atoms with Gasteiger partial charge in [0, 0.05) is 11.3 Å². The minimum Gasteiger partial charge on any atom is -0.497 e. The molecule has 1 aromatic heterocycles. The van der Waals surface area contributed by atoms with Gasteiger partial charge in [0.15, 0.2) is 11.0 Å². The summed E-state index contributed by atoms with van der Waals surface area (Å²) in [6, 6.07) is 18.1. The van der Waals surface area contributed by atoms with Crippen molar-refractivity contribution >= 4 is 17.7 Å². The van der Waals surface area contributed by atoms with E-state index in [2.05, 4.69) is 21.6 Å². The second kappa shape index (κ2) is 10.3. The quantitative estimate of drug-likeness (QED) is 0.479. The van der Waals surface area contributed by atoms with Crippen molar-refractivity contribution in [2.75, 3.05) is 7.11 Å². The van der Waals surface area contributed by atoms with Crippen LogP contribution in [0.3, 0.4) is 0 Å². The third-order valence-corrected chi connectivity index (χ3v) is 7.25. The summed E-state index contributed by atoms with van der Waals surface area (Å²) < 4.78 is 7.25. The van der Waals surface area contributed by atoms with E-state index in [0.717, 1.165) is 41.8 Å². The number of hydrogen-bond donors (Lipinski definition) is 1. The number of ether oxygens (including phenoxy) is 1. The number of carbonyl (C=O) groups is 1. The van der Waals surface area contributed by atoms with Crippen LogP contribution in [-0.4, -0.2) is 38.6 Å². The van der Waals surface area contributed by atoms with Gasteiger partial charge in [-0.2, -0.15) is 5.26 Å². The Bertz CT molecular complexity index is 1180. The van der Waals surface area contributed by atoms with Crippen LogP contribution in [0.5, 0.6) is 5.75 Å². The van der Waals surface area contributed by atoms with E-state index in [1.807, 2.05) is 66.9 Å². The number of benzene rings is 2. The molecule has 4 rings (SSSR count). The monoisotopic (exact) mass is 475 g/mol. The lowest BCUT2D eigenvalue weighted by molar-refractivity contribution is -0.121. The molecule has 176 valence electrons. The molecule has 1 unspecified atom stereocenters. The van der Waals surface area contributed by atoms with Crippen LogP contribution in [0.1, 0.15) is 44.6 Å². The van der Waals surface area contributed by atoms with Crippen LogP contribution in [0.2, 0.25) is 0 Å². The van der Waals surface area contributed by atoms with Gasteiger partial charge in [-0.25, -0.2) is 0 Å². The molecule has 1 atom stereocenters. The van der Waals surface area contributed by atoms with Crippen molar-refractivity contribution in [2.45, 2.75) is 61.9 Å². The van der Waals surface area contributed by atoms with Crippen molar-refractivity contribution in [1.29, 1.82) is 5.26 Å². The highest BCUT2D eigenvalue weighted by Crippen LogP contribution is 2.32. The molecular weight excluding hydrogens is 446 g/mol. The molecule has 0 radical (unpaired) electrons. The molecule has 3 aromatic rings. The lowest BCUT2D eigenvalue weighted by atomic mass is 9.83. The topological polar surface area (TPSA) is 92.8 Å². The highest BCUT2D eigenvalue weighted by Gasteiger charge is 2.35. The highest BCUT2D eigenvalue weighted by molar-refractivity contribution is 8.00. The van der Waals surface area contributed by atoms with Crippen LogP contribution in [0.4, 0.5) is 0 Å². The Labute approximate surface area is 204 Å². The van der Waals surface area contributed by atoms with Crippen molar-refractivity contribution in [2.24, 2.45) is 0 Å². The molecule has 0 spiro atoms. The first-order valence-corrected chi connectivity index (χ1v) is 12.4. The van der Waals surface area contributed by atoms with Gasteiger partial charge in [-0.3, -0.25) is 9.36 Å². The minimum atomic E-state index is -0.761. The Morgan fingerprint density at radius 3 is 2.41 bits per heavy atom. The molecule has 1 aliphatic carbocycles. The zero-order valence-corrected chi connectivity index (χ0v) is 20.6. The van der Waals surface area contributed by atoms with Crippen LogP contribution in [0.25, 0.3) is 17.1 Å². The number of nitrogens with one attached hydrogen (secondary N) is 1. The van der Waals surface area contributed by atoms with Gasteiger partial charge in [-0.15, -0.1) is 10.2 Å². The largest absolute Gasteiger partial charge is 0.497 e. The fourth-order valence-corrected chi connectivity index (χ4v) is 5.04. The van der Waals surface area contributed by atoms with Gasteiger partial charge < -0.3 is 10.1 Å². The maximum Gasteiger partial charge on any atom is 0.234 e. The lowest BCUT2D eigenvalue weighted by Crippen LogP contribution is -2.50. The maximum atomic E-state index is 13.1. The number of aryl methyl sites for hydroxylation is 1. The third-order valence-electron chi connectivity index (χ3n) is 6.21. The third kappa shape index (κ3) is 5.10. The molecule has 1 fully saturated rings. The summed E-state index contributed by atoms with van der Waals surface area (Å²) in [7, 11) is 1.63. The number of methoxy groups -OCH3 is 1. The van der Waals surface area contributed by atoms with E-state index in [4.69, 9.17) is 4.74 Å². The van der Waals surface area contributed by atoms with E-state index in [1.54, 1.807) is 7.11 Å². The SMILES string of the molecule is COc1ccc(-c2nnc(SC(C)C(=O)NC3(C#N)CCCCC3)n2-c2ccc(C)cc2)cc1. The summed E-state index contributed by atoms with van der Waals surface area (Å²) in [4.78, 5) is 13.1. The molecule has 2 aromatic carbocycles. The number of amides is 1. The van der Waals surface area contributed by atoms with Crippen molar-refractivity contribution in [1.82, 2.24) is 20.1 Å². The molecule has 8 heteroatoms. The molecule has 0 bridgehead atoms. The van der Waals surface area contributed by atoms with E-state index >= 15 is 0 Å². The zero-order chi connectivity index (χ0) is 24.1. The fourth-order valence-electron chi connectivity index (χ4n) is 4.17. The molecule has 1 aliphatic rings. The first kappa shape index (κ1) is 23.8. The van der Waals surface area contributed by atoms with Gasteiger partial charge in [-0.1, -0.05) is 48.7 Å². The standard InChI is InChI=1S/C26H29N5O2S/c1-18-7-11-21(12-8-18)31-23(20-9-13-22(33-3)14-10-20)29-30-25(31)34-19(2)24(32)28-26(17-27)15-5-4-6-16-26/h7-14,19H,4-6,15-16H2,1-3H3,(H,28,32). The van der Waals surface area contributed by atoms with Gasteiger partial charge in [0.1, 0.15) is 11.3 Å². The van der Waals surface area contributed by atoms with Crippen LogP contribution in [0, 0.1) is 18.3 Å². The maximum absolute atomic E-state index is 13.1. The lowest BCUT2D eigenvalue weighted by Gasteiger charge is -2.32. The second-order valence-electron chi connectivity index (χ2n) is 8.71. The number of nitrogens with zero attached hydrogens (tertiary/aromatic N) is 4. The summed E-state index contributed by atoms with van der Waals surface area (Å²) >= 11 is 1.34. The van der Waals surface area contributed by atoms with Crippen LogP contribution >= 0.6 is 11.8 Å². The zero-order valence-electron chi connectivity index (χ0n) is 19.7. The predicted molar refractivity (Wildman–Crippen MR) is 133 cm³/mol. The Morgan fingerprint density at radius 2 is 1.79 bits per heavy atom. The molecule has 1 amide bonds. The number of thioether (sulfide) groups is 1. The number of nitriles is 1. The summed E-state index contributed by atoms with van der Waals surface area (Å²) in [5.74, 6) is 1.29. The predicted octanol–water partition coefficient (Wildman–Crippen LogP) is 5.07. The molecule has 0 aliphatic heterocycles. The van der Waals surface area contributed by atoms with Crippen LogP contribution in [-0.2, 0) is 4.79 Å². The Hall–Kier alpha value is -3.31. The fraction of sp³-hybridized carbons (Fsp3) is 0.385. The van der Waals surface area contributed by atoms with E-state index in [0.29, 0.717) is 23.8 Å². The van der Waals surface area contributed by atoms with Crippen LogP contribution < -0.4 is 10.1 Å². The van der Waals surface area contributed by atoms with E-state index in [-0.39, 0.29) is 5.91 Å². The summed E-state index contributed by atoms with van der Waals surface area (Å²) in [5, 5.41) is 21.8. The molecule has 7 nitrogen and oxygen atoms in total. The average Bonchev–Trinajstić information content (AvgIpc) is 3.28. The smallest absolute Gasteiger partial charge is 0.234 e. The summed E-state index contributed by atoms with van der Waals surface area (Å²) in [6.07, 6.45) is 4.43. The summed E-state index contributed by atoms with van der Waals surface area (Å²) in [5.41, 5.74) is 2.20. The number of carbonyl (C=O) groups excluding carboxylic acids is 1. The molecule has 1 N–H and O–H groups in total. The van der Waals surface area contributed by atoms with Gasteiger partial charge in [0.2, 0.25) is 5.91 Å². The van der Waals surface area contributed by atoms with Crippen molar-refractivity contribution < 1.29 is 9.53 Å². The van der Waals surface area contributed by atoms with Gasteiger partial charge in [-0.05, 0) is 63.1 Å². The highest BCUT2D eigenvalue weighted by atomic mass is 32.2. The normalized spacial score (nSPS) is 15.8. The second-order valence-corrected chi connectivity index (χ2v) is 10.0. The Balaban J connectivity index is 1.63. The van der Waals surface area contributed by atoms with Gasteiger partial charge >= 0.3 is 0 Å². The van der Waals surface area contributed by atoms with E-state index < -0.39 is 10.8 Å². The minimum absolute atomic E-state index is 0.155. The van der Waals surface area contributed by atoms with Crippen molar-refractivity contribution in [3.05, 3.63) is 54.1 Å². The van der Waals surface area contributed by atoms with E-state index in [1.165, 1.54) is 11.8 Å². The molecule has 1 saturated carbocycles. The molecular formula is C26H29N5O2S. The molecule has 0 saturated heterocycles. The molecule has 1 heterocycles. The molecule has 34 heavy (non-hydrogen) atoms. The first-order chi connectivity index (χ1) is 16.4. The summed E-state index contributed by atoms with van der Waals surface area (Å²) in [6.45, 7) is 3.88. The van der Waals surface area contributed by atoms with Crippen molar-refractivity contribution in [3.63, 3.8) is 0 Å². The van der Waals surface area contributed by atoms with Crippen LogP contribution in [0.15, 0.2) is 53.7 Å². The Morgan fingerprint density at radius 1 is 1.12 bits per heavy atom. The van der Waals surface area contributed by atoms with E-state index in [9.17, 15) is 10.1 Å². The van der Waals surface area contributed by atoms with Crippen molar-refractivity contribution in [3.8, 4) is 28.9 Å². The first-order valence-electron chi connectivity index (χ1n) is 11.5. The Kier molecular flexibility index (Phi) is 7.23.